The first-order chi connectivity index (χ1) is 14.7. The van der Waals surface area contributed by atoms with E-state index in [4.69, 9.17) is 0 Å². The largest absolute Gasteiger partial charge is 0.256 e. The molecule has 0 unspecified atom stereocenters. The van der Waals surface area contributed by atoms with Gasteiger partial charge in [-0.2, -0.15) is 5.10 Å². The van der Waals surface area contributed by atoms with Gasteiger partial charge >= 0.3 is 0 Å². The molecule has 0 atom stereocenters. The second kappa shape index (κ2) is 7.89. The van der Waals surface area contributed by atoms with Gasteiger partial charge in [0.05, 0.1) is 33.2 Å². The maximum Gasteiger partial charge on any atom is 0.184 e. The molecule has 4 rings (SSSR count). The van der Waals surface area contributed by atoms with Crippen LogP contribution in [-0.2, 0) is 27.7 Å². The Bertz CT molecular complexity index is 1330. The molecule has 5 nitrogen and oxygen atoms in total. The average Bonchev–Trinajstić information content (AvgIpc) is 3.15. The van der Waals surface area contributed by atoms with E-state index in [9.17, 15) is 12.8 Å². The van der Waals surface area contributed by atoms with Crippen LogP contribution in [0.15, 0.2) is 71.8 Å². The highest BCUT2D eigenvalue weighted by Crippen LogP contribution is 2.27. The van der Waals surface area contributed by atoms with Gasteiger partial charge in [-0.25, -0.2) is 17.5 Å². The number of sulfone groups is 1. The van der Waals surface area contributed by atoms with E-state index in [0.717, 1.165) is 16.5 Å². The molecule has 31 heavy (non-hydrogen) atoms. The molecular formula is C24H24FN3O2S. The van der Waals surface area contributed by atoms with Crippen LogP contribution in [0.2, 0.25) is 0 Å². The van der Waals surface area contributed by atoms with E-state index in [1.165, 1.54) is 10.7 Å². The number of rotatable bonds is 5. The van der Waals surface area contributed by atoms with Crippen LogP contribution in [0, 0.1) is 0 Å². The summed E-state index contributed by atoms with van der Waals surface area (Å²) in [5.74, 6) is -0.286. The minimum absolute atomic E-state index is 0.0701. The van der Waals surface area contributed by atoms with Crippen LogP contribution >= 0.6 is 0 Å². The molecule has 2 aromatic heterocycles. The summed E-state index contributed by atoms with van der Waals surface area (Å²) >= 11 is 0. The van der Waals surface area contributed by atoms with Gasteiger partial charge in [-0.3, -0.25) is 4.98 Å². The summed E-state index contributed by atoms with van der Waals surface area (Å²) in [7, 11) is -3.65. The van der Waals surface area contributed by atoms with Crippen LogP contribution in [0.5, 0.6) is 0 Å². The van der Waals surface area contributed by atoms with Gasteiger partial charge in [0.25, 0.3) is 0 Å². The van der Waals surface area contributed by atoms with E-state index in [2.05, 4.69) is 30.9 Å². The lowest BCUT2D eigenvalue weighted by molar-refractivity contribution is 0.473. The zero-order chi connectivity index (χ0) is 22.2. The highest BCUT2D eigenvalue weighted by molar-refractivity contribution is 7.90. The Morgan fingerprint density at radius 2 is 1.74 bits per heavy atom. The number of fused-ring (bicyclic) bond motifs is 1. The number of aromatic nitrogens is 3. The minimum Gasteiger partial charge on any atom is -0.256 e. The Balaban J connectivity index is 1.76. The third-order valence-electron chi connectivity index (χ3n) is 5.24. The summed E-state index contributed by atoms with van der Waals surface area (Å²) in [4.78, 5) is 4.57. The van der Waals surface area contributed by atoms with Crippen LogP contribution in [0.1, 0.15) is 37.7 Å². The molecule has 2 aromatic carbocycles. The number of benzene rings is 2. The Morgan fingerprint density at radius 1 is 1.00 bits per heavy atom. The molecule has 0 aliphatic carbocycles. The number of nitrogens with zero attached hydrogens (tertiary/aromatic N) is 3. The van der Waals surface area contributed by atoms with Gasteiger partial charge < -0.3 is 0 Å². The number of pyridine rings is 1. The first-order valence-electron chi connectivity index (χ1n) is 10.0. The smallest absolute Gasteiger partial charge is 0.184 e. The van der Waals surface area contributed by atoms with E-state index in [-0.39, 0.29) is 21.8 Å². The molecule has 4 aromatic rings. The second-order valence-corrected chi connectivity index (χ2v) is 10.5. The van der Waals surface area contributed by atoms with Gasteiger partial charge in [0, 0.05) is 11.6 Å². The zero-order valence-electron chi connectivity index (χ0n) is 17.7. The summed E-state index contributed by atoms with van der Waals surface area (Å²) in [6.45, 7) is 5.45. The third-order valence-corrected chi connectivity index (χ3v) is 6.91. The Labute approximate surface area is 181 Å². The number of hydrogen-bond donors (Lipinski definition) is 0. The predicted molar refractivity (Wildman–Crippen MR) is 120 cm³/mol. The maximum atomic E-state index is 13.4. The molecule has 0 spiro atoms. The van der Waals surface area contributed by atoms with E-state index >= 15 is 0 Å². The molecule has 0 aliphatic rings. The summed E-state index contributed by atoms with van der Waals surface area (Å²) in [5.41, 5.74) is 3.00. The van der Waals surface area contributed by atoms with Crippen molar-refractivity contribution in [2.45, 2.75) is 43.5 Å². The Morgan fingerprint density at radius 3 is 2.42 bits per heavy atom. The molecule has 0 saturated carbocycles. The fourth-order valence-corrected chi connectivity index (χ4v) is 4.88. The topological polar surface area (TPSA) is 64.8 Å². The van der Waals surface area contributed by atoms with Crippen molar-refractivity contribution in [2.24, 2.45) is 0 Å². The molecule has 0 bridgehead atoms. The van der Waals surface area contributed by atoms with Gasteiger partial charge in [-0.15, -0.1) is 0 Å². The van der Waals surface area contributed by atoms with Crippen molar-refractivity contribution in [2.75, 3.05) is 0 Å². The van der Waals surface area contributed by atoms with Crippen molar-refractivity contribution in [3.8, 4) is 5.69 Å². The van der Waals surface area contributed by atoms with Gasteiger partial charge in [-0.05, 0) is 53.4 Å². The van der Waals surface area contributed by atoms with Crippen molar-refractivity contribution in [1.29, 1.82) is 0 Å². The van der Waals surface area contributed by atoms with Crippen molar-refractivity contribution < 1.29 is 12.8 Å². The van der Waals surface area contributed by atoms with Crippen LogP contribution in [0.25, 0.3) is 16.6 Å². The number of alkyl halides is 1. The lowest BCUT2D eigenvalue weighted by atomic mass is 9.87. The van der Waals surface area contributed by atoms with Crippen LogP contribution in [0.3, 0.4) is 0 Å². The minimum atomic E-state index is -3.65. The number of halogens is 1. The molecule has 160 valence electrons. The van der Waals surface area contributed by atoms with Crippen LogP contribution < -0.4 is 0 Å². The van der Waals surface area contributed by atoms with Gasteiger partial charge in [0.1, 0.15) is 6.67 Å². The molecule has 0 amide bonds. The highest BCUT2D eigenvalue weighted by Gasteiger charge is 2.22. The maximum absolute atomic E-state index is 13.4. The Hall–Kier alpha value is -3.06. The zero-order valence-corrected chi connectivity index (χ0v) is 18.5. The van der Waals surface area contributed by atoms with Gasteiger partial charge in [0.2, 0.25) is 0 Å². The molecule has 0 aliphatic heterocycles. The highest BCUT2D eigenvalue weighted by atomic mass is 32.2. The fourth-order valence-electron chi connectivity index (χ4n) is 3.56. The summed E-state index contributed by atoms with van der Waals surface area (Å²) < 4.78 is 41.3. The fraction of sp³-hybridized carbons (Fsp3) is 0.250. The molecule has 0 radical (unpaired) electrons. The van der Waals surface area contributed by atoms with Crippen LogP contribution in [-0.4, -0.2) is 23.2 Å². The molecule has 0 fully saturated rings. The lowest BCUT2D eigenvalue weighted by Crippen LogP contribution is -2.13. The normalized spacial score (nSPS) is 12.4. The summed E-state index contributed by atoms with van der Waals surface area (Å²) in [5, 5.41) is 5.13. The number of hydrogen-bond acceptors (Lipinski definition) is 4. The SMILES string of the molecule is CC(C)(C)c1ccc(S(=O)(=O)Cc2cc(CF)nn2-c2cccc3ncccc23)cc1. The first-order valence-corrected chi connectivity index (χ1v) is 11.7. The predicted octanol–water partition coefficient (Wildman–Crippen LogP) is 5.16. The van der Waals surface area contributed by atoms with Crippen molar-refractivity contribution >= 4 is 20.7 Å². The molecule has 0 N–H and O–H groups in total. The van der Waals surface area contributed by atoms with Crippen molar-refractivity contribution in [3.05, 3.63) is 83.8 Å². The average molecular weight is 438 g/mol. The van der Waals surface area contributed by atoms with E-state index < -0.39 is 16.5 Å². The van der Waals surface area contributed by atoms with Crippen molar-refractivity contribution in [3.63, 3.8) is 0 Å². The third kappa shape index (κ3) is 4.23. The van der Waals surface area contributed by atoms with Crippen LogP contribution in [0.4, 0.5) is 4.39 Å². The monoisotopic (exact) mass is 437 g/mol. The quantitative estimate of drug-likeness (QED) is 0.433. The lowest BCUT2D eigenvalue weighted by Gasteiger charge is -2.19. The second-order valence-electron chi connectivity index (χ2n) is 8.55. The first kappa shape index (κ1) is 21.2. The van der Waals surface area contributed by atoms with Gasteiger partial charge in [0.15, 0.2) is 9.84 Å². The summed E-state index contributed by atoms with van der Waals surface area (Å²) in [6, 6.07) is 17.7. The summed E-state index contributed by atoms with van der Waals surface area (Å²) in [6.07, 6.45) is 1.69. The molecular weight excluding hydrogens is 413 g/mol. The molecule has 2 heterocycles. The molecule has 0 saturated heterocycles. The van der Waals surface area contributed by atoms with Crippen molar-refractivity contribution in [1.82, 2.24) is 14.8 Å². The van der Waals surface area contributed by atoms with E-state index in [1.807, 2.05) is 36.4 Å². The Kier molecular flexibility index (Phi) is 5.39. The molecule has 7 heteroatoms. The van der Waals surface area contributed by atoms with E-state index in [1.54, 1.807) is 24.4 Å². The van der Waals surface area contributed by atoms with E-state index in [0.29, 0.717) is 11.4 Å². The standard InChI is InChI=1S/C24H24FN3O2S/c1-24(2,3)17-9-11-20(12-10-17)31(29,30)16-19-14-18(15-25)27-28(19)23-8-4-7-22-21(23)6-5-13-26-22/h4-14H,15-16H2,1-3H3. The van der Waals surface area contributed by atoms with Gasteiger partial charge in [-0.1, -0.05) is 39.0 Å².